The van der Waals surface area contributed by atoms with E-state index in [1.54, 1.807) is 0 Å². The van der Waals surface area contributed by atoms with Crippen LogP contribution in [0.2, 0.25) is 0 Å². The third-order valence-electron chi connectivity index (χ3n) is 3.59. The topological polar surface area (TPSA) is 54.4 Å². The van der Waals surface area contributed by atoms with Crippen molar-refractivity contribution < 1.29 is 4.42 Å². The molecule has 0 aliphatic carbocycles. The van der Waals surface area contributed by atoms with Gasteiger partial charge in [-0.2, -0.15) is 0 Å². The molecule has 3 N–H and O–H groups in total. The first-order valence-electron chi connectivity index (χ1n) is 6.49. The lowest BCUT2D eigenvalue weighted by Gasteiger charge is -2.26. The Morgan fingerprint density at radius 1 is 1.22 bits per heavy atom. The summed E-state index contributed by atoms with van der Waals surface area (Å²) in [4.78, 5) is 2.45. The largest absolute Gasteiger partial charge is 0.464 e. The van der Waals surface area contributed by atoms with Gasteiger partial charge in [0.25, 0.3) is 0 Å². The predicted octanol–water partition coefficient (Wildman–Crippen LogP) is 1.30. The molecule has 4 nitrogen and oxygen atoms in total. The number of nitrogens with zero attached hydrogens (tertiary/aromatic N) is 1. The van der Waals surface area contributed by atoms with Gasteiger partial charge in [-0.05, 0) is 11.6 Å². The van der Waals surface area contributed by atoms with Crippen molar-refractivity contribution >= 4 is 11.0 Å². The number of hydrogen-bond acceptors (Lipinski definition) is 4. The second kappa shape index (κ2) is 5.10. The highest BCUT2D eigenvalue weighted by Crippen LogP contribution is 2.26. The Labute approximate surface area is 107 Å². The monoisotopic (exact) mass is 245 g/mol. The van der Waals surface area contributed by atoms with Crippen LogP contribution in [0.5, 0.6) is 0 Å². The van der Waals surface area contributed by atoms with Gasteiger partial charge < -0.3 is 15.5 Å². The van der Waals surface area contributed by atoms with E-state index in [0.29, 0.717) is 6.54 Å². The van der Waals surface area contributed by atoms with Crippen LogP contribution < -0.4 is 11.1 Å². The zero-order valence-corrected chi connectivity index (χ0v) is 10.5. The predicted molar refractivity (Wildman–Crippen MR) is 72.3 cm³/mol. The van der Waals surface area contributed by atoms with Crippen molar-refractivity contribution in [2.45, 2.75) is 13.1 Å². The molecule has 0 amide bonds. The Bertz CT molecular complexity index is 529. The highest BCUT2D eigenvalue weighted by atomic mass is 16.3. The summed E-state index contributed by atoms with van der Waals surface area (Å²) in [7, 11) is 0. The maximum absolute atomic E-state index is 5.81. The van der Waals surface area contributed by atoms with E-state index in [4.69, 9.17) is 10.2 Å². The molecule has 4 heteroatoms. The Hall–Kier alpha value is -1.36. The summed E-state index contributed by atoms with van der Waals surface area (Å²) in [5.74, 6) is 0. The summed E-state index contributed by atoms with van der Waals surface area (Å²) in [5.41, 5.74) is 9.19. The molecule has 0 saturated carbocycles. The van der Waals surface area contributed by atoms with Gasteiger partial charge in [0, 0.05) is 50.2 Å². The highest BCUT2D eigenvalue weighted by Gasteiger charge is 2.15. The average molecular weight is 245 g/mol. The molecule has 1 saturated heterocycles. The van der Waals surface area contributed by atoms with Crippen LogP contribution >= 0.6 is 0 Å². The number of rotatable bonds is 3. The van der Waals surface area contributed by atoms with E-state index in [-0.39, 0.29) is 0 Å². The van der Waals surface area contributed by atoms with Gasteiger partial charge in [0.05, 0.1) is 6.26 Å². The van der Waals surface area contributed by atoms with Crippen LogP contribution in [0, 0.1) is 0 Å². The molecular formula is C14H19N3O. The van der Waals surface area contributed by atoms with Crippen LogP contribution in [0.15, 0.2) is 28.9 Å². The molecule has 1 aliphatic rings. The van der Waals surface area contributed by atoms with Crippen LogP contribution in [-0.2, 0) is 13.1 Å². The molecular weight excluding hydrogens is 226 g/mol. The summed E-state index contributed by atoms with van der Waals surface area (Å²) in [6.45, 7) is 5.84. The van der Waals surface area contributed by atoms with Gasteiger partial charge in [0.2, 0.25) is 0 Å². The fourth-order valence-electron chi connectivity index (χ4n) is 2.63. The van der Waals surface area contributed by atoms with E-state index in [1.807, 2.05) is 18.4 Å². The third-order valence-corrected chi connectivity index (χ3v) is 3.59. The fourth-order valence-corrected chi connectivity index (χ4v) is 2.63. The van der Waals surface area contributed by atoms with Crippen molar-refractivity contribution in [2.75, 3.05) is 26.2 Å². The molecule has 0 spiro atoms. The van der Waals surface area contributed by atoms with Gasteiger partial charge in [-0.15, -0.1) is 0 Å². The Morgan fingerprint density at radius 2 is 2.06 bits per heavy atom. The normalized spacial score (nSPS) is 17.4. The lowest BCUT2D eigenvalue weighted by molar-refractivity contribution is 0.233. The second-order valence-corrected chi connectivity index (χ2v) is 4.78. The van der Waals surface area contributed by atoms with Crippen LogP contribution in [-0.4, -0.2) is 31.1 Å². The van der Waals surface area contributed by atoms with Gasteiger partial charge in [-0.25, -0.2) is 0 Å². The maximum atomic E-state index is 5.81. The number of nitrogens with two attached hydrogens (primary N) is 1. The molecule has 1 aromatic carbocycles. The lowest BCUT2D eigenvalue weighted by atomic mass is 10.1. The summed E-state index contributed by atoms with van der Waals surface area (Å²) >= 11 is 0. The van der Waals surface area contributed by atoms with E-state index >= 15 is 0 Å². The second-order valence-electron chi connectivity index (χ2n) is 4.78. The Kier molecular flexibility index (Phi) is 3.32. The molecule has 0 atom stereocenters. The molecule has 2 heterocycles. The Morgan fingerprint density at radius 3 is 2.83 bits per heavy atom. The van der Waals surface area contributed by atoms with Crippen molar-refractivity contribution in [3.8, 4) is 0 Å². The standard InChI is InChI=1S/C14H19N3O/c15-8-11-2-1-3-13-14(11)12(10-18-13)9-17-6-4-16-5-7-17/h1-3,10,16H,4-9,15H2. The number of nitrogens with one attached hydrogen (secondary N) is 1. The van der Waals surface area contributed by atoms with E-state index in [0.717, 1.165) is 38.3 Å². The van der Waals surface area contributed by atoms with Crippen molar-refractivity contribution in [1.82, 2.24) is 10.2 Å². The summed E-state index contributed by atoms with van der Waals surface area (Å²) in [5, 5.41) is 4.58. The van der Waals surface area contributed by atoms with Crippen molar-refractivity contribution in [1.29, 1.82) is 0 Å². The number of furan rings is 1. The molecule has 18 heavy (non-hydrogen) atoms. The molecule has 2 aromatic rings. The minimum atomic E-state index is 0.561. The van der Waals surface area contributed by atoms with Crippen LogP contribution in [0.3, 0.4) is 0 Å². The lowest BCUT2D eigenvalue weighted by Crippen LogP contribution is -2.42. The molecule has 0 unspecified atom stereocenters. The first-order chi connectivity index (χ1) is 8.88. The van der Waals surface area contributed by atoms with Gasteiger partial charge >= 0.3 is 0 Å². The third kappa shape index (κ3) is 2.14. The quantitative estimate of drug-likeness (QED) is 0.855. The summed E-state index contributed by atoms with van der Waals surface area (Å²) < 4.78 is 5.64. The van der Waals surface area contributed by atoms with Crippen LogP contribution in [0.4, 0.5) is 0 Å². The minimum absolute atomic E-state index is 0.561. The molecule has 3 rings (SSSR count). The molecule has 1 aliphatic heterocycles. The van der Waals surface area contributed by atoms with Crippen molar-refractivity contribution in [3.05, 3.63) is 35.6 Å². The molecule has 1 aromatic heterocycles. The molecule has 1 fully saturated rings. The Balaban J connectivity index is 1.91. The van der Waals surface area contributed by atoms with Crippen LogP contribution in [0.25, 0.3) is 11.0 Å². The summed E-state index contributed by atoms with van der Waals surface area (Å²) in [6.07, 6.45) is 1.88. The van der Waals surface area contributed by atoms with E-state index in [2.05, 4.69) is 16.3 Å². The average Bonchev–Trinajstić information content (AvgIpc) is 2.83. The number of fused-ring (bicyclic) bond motifs is 1. The van der Waals surface area contributed by atoms with Crippen molar-refractivity contribution in [2.24, 2.45) is 5.73 Å². The number of benzene rings is 1. The van der Waals surface area contributed by atoms with Crippen molar-refractivity contribution in [3.63, 3.8) is 0 Å². The van der Waals surface area contributed by atoms with Gasteiger partial charge in [0.15, 0.2) is 0 Å². The van der Waals surface area contributed by atoms with Crippen LogP contribution in [0.1, 0.15) is 11.1 Å². The molecule has 0 bridgehead atoms. The number of hydrogen-bond donors (Lipinski definition) is 2. The van der Waals surface area contributed by atoms with E-state index < -0.39 is 0 Å². The SMILES string of the molecule is NCc1cccc2occ(CN3CCNCC3)c12. The first kappa shape index (κ1) is 11.7. The minimum Gasteiger partial charge on any atom is -0.464 e. The zero-order valence-electron chi connectivity index (χ0n) is 10.5. The molecule has 0 radical (unpaired) electrons. The first-order valence-corrected chi connectivity index (χ1v) is 6.49. The smallest absolute Gasteiger partial charge is 0.134 e. The van der Waals surface area contributed by atoms with Gasteiger partial charge in [-0.3, -0.25) is 4.90 Å². The fraction of sp³-hybridized carbons (Fsp3) is 0.429. The number of piperazine rings is 1. The highest BCUT2D eigenvalue weighted by molar-refractivity contribution is 5.84. The maximum Gasteiger partial charge on any atom is 0.134 e. The van der Waals surface area contributed by atoms with Gasteiger partial charge in [-0.1, -0.05) is 12.1 Å². The molecule has 96 valence electrons. The van der Waals surface area contributed by atoms with E-state index in [1.165, 1.54) is 16.5 Å². The van der Waals surface area contributed by atoms with E-state index in [9.17, 15) is 0 Å². The van der Waals surface area contributed by atoms with Gasteiger partial charge in [0.1, 0.15) is 5.58 Å². The zero-order chi connectivity index (χ0) is 12.4. The summed E-state index contributed by atoms with van der Waals surface area (Å²) in [6, 6.07) is 6.09.